The summed E-state index contributed by atoms with van der Waals surface area (Å²) in [4.78, 5) is 23.9. The van der Waals surface area contributed by atoms with Gasteiger partial charge in [-0.05, 0) is 13.3 Å². The molecule has 74 valence electrons. The molecule has 1 aliphatic heterocycles. The van der Waals surface area contributed by atoms with Crippen molar-refractivity contribution in [2.45, 2.75) is 32.8 Å². The number of likely N-dealkylation sites (tertiary alicyclic amines) is 1. The van der Waals surface area contributed by atoms with Crippen LogP contribution in [0.2, 0.25) is 0 Å². The van der Waals surface area contributed by atoms with Crippen LogP contribution in [0.1, 0.15) is 26.7 Å². The van der Waals surface area contributed by atoms with Gasteiger partial charge in [0.25, 0.3) is 0 Å². The minimum Gasteiger partial charge on any atom is -0.392 e. The van der Waals surface area contributed by atoms with Crippen LogP contribution in [0.25, 0.3) is 0 Å². The van der Waals surface area contributed by atoms with Crippen LogP contribution in [0.5, 0.6) is 0 Å². The third-order valence-electron chi connectivity index (χ3n) is 2.23. The van der Waals surface area contributed by atoms with E-state index in [1.165, 1.54) is 4.90 Å². The maximum Gasteiger partial charge on any atom is 0.232 e. The van der Waals surface area contributed by atoms with Crippen LogP contribution >= 0.6 is 0 Å². The zero-order valence-electron chi connectivity index (χ0n) is 7.99. The number of aliphatic hydroxyl groups is 1. The first-order valence-electron chi connectivity index (χ1n) is 4.54. The van der Waals surface area contributed by atoms with Gasteiger partial charge in [0.1, 0.15) is 0 Å². The molecule has 0 aliphatic carbocycles. The summed E-state index contributed by atoms with van der Waals surface area (Å²) in [6.07, 6.45) is 0.409. The Hall–Kier alpha value is -0.900. The number of β-amino-alcohol motifs (C(OH)–C–C–N with tert-alkyl or cyclic N) is 1. The van der Waals surface area contributed by atoms with Crippen molar-refractivity contribution in [3.05, 3.63) is 0 Å². The number of carbonyl (C=O) groups excluding carboxylic acids is 2. The zero-order chi connectivity index (χ0) is 10.0. The summed E-state index contributed by atoms with van der Waals surface area (Å²) >= 11 is 0. The number of nitrogens with zero attached hydrogens (tertiary/aromatic N) is 1. The molecule has 4 heteroatoms. The van der Waals surface area contributed by atoms with Gasteiger partial charge in [-0.2, -0.15) is 0 Å². The van der Waals surface area contributed by atoms with E-state index in [2.05, 4.69) is 0 Å². The molecule has 2 atom stereocenters. The molecule has 1 rings (SSSR count). The fourth-order valence-electron chi connectivity index (χ4n) is 1.44. The minimum atomic E-state index is -0.641. The normalized spacial score (nSPS) is 26.4. The van der Waals surface area contributed by atoms with Crippen LogP contribution in [-0.4, -0.2) is 34.5 Å². The first-order valence-corrected chi connectivity index (χ1v) is 4.54. The molecule has 0 aromatic heterocycles. The van der Waals surface area contributed by atoms with E-state index in [-0.39, 0.29) is 24.3 Å². The van der Waals surface area contributed by atoms with Gasteiger partial charge in [-0.25, -0.2) is 0 Å². The van der Waals surface area contributed by atoms with Gasteiger partial charge in [0, 0.05) is 12.3 Å². The van der Waals surface area contributed by atoms with Crippen molar-refractivity contribution in [3.8, 4) is 0 Å². The molecule has 1 fully saturated rings. The fourth-order valence-corrected chi connectivity index (χ4v) is 1.44. The van der Waals surface area contributed by atoms with Crippen molar-refractivity contribution in [2.24, 2.45) is 5.92 Å². The highest BCUT2D eigenvalue weighted by Crippen LogP contribution is 2.18. The molecule has 2 unspecified atom stereocenters. The summed E-state index contributed by atoms with van der Waals surface area (Å²) in [5, 5.41) is 9.08. The van der Waals surface area contributed by atoms with Crippen molar-refractivity contribution in [1.82, 2.24) is 4.90 Å². The molecule has 0 spiro atoms. The van der Waals surface area contributed by atoms with E-state index in [0.717, 1.165) is 0 Å². The topological polar surface area (TPSA) is 57.6 Å². The van der Waals surface area contributed by atoms with E-state index in [4.69, 9.17) is 5.11 Å². The van der Waals surface area contributed by atoms with Gasteiger partial charge in [-0.3, -0.25) is 14.5 Å². The highest BCUT2D eigenvalue weighted by molar-refractivity contribution is 5.98. The SMILES string of the molecule is CC(O)CN1C(=O)CCC(C)C1=O. The van der Waals surface area contributed by atoms with E-state index in [1.54, 1.807) is 6.92 Å². The molecule has 13 heavy (non-hydrogen) atoms. The largest absolute Gasteiger partial charge is 0.392 e. The van der Waals surface area contributed by atoms with E-state index in [0.29, 0.717) is 12.8 Å². The average Bonchev–Trinajstić information content (AvgIpc) is 2.05. The van der Waals surface area contributed by atoms with Crippen LogP contribution in [0.15, 0.2) is 0 Å². The average molecular weight is 185 g/mol. The van der Waals surface area contributed by atoms with Gasteiger partial charge in [0.2, 0.25) is 11.8 Å². The Balaban J connectivity index is 2.67. The van der Waals surface area contributed by atoms with Crippen LogP contribution in [0.4, 0.5) is 0 Å². The summed E-state index contributed by atoms with van der Waals surface area (Å²) in [7, 11) is 0. The first-order chi connectivity index (χ1) is 6.02. The lowest BCUT2D eigenvalue weighted by atomic mass is 9.98. The molecular formula is C9H15NO3. The number of imide groups is 1. The number of hydrogen-bond donors (Lipinski definition) is 1. The summed E-state index contributed by atoms with van der Waals surface area (Å²) in [6.45, 7) is 3.51. The second kappa shape index (κ2) is 3.87. The lowest BCUT2D eigenvalue weighted by molar-refractivity contribution is -0.152. The Kier molecular flexibility index (Phi) is 3.03. The molecule has 1 aliphatic rings. The van der Waals surface area contributed by atoms with Gasteiger partial charge < -0.3 is 5.11 Å². The van der Waals surface area contributed by atoms with Crippen molar-refractivity contribution >= 4 is 11.8 Å². The summed E-state index contributed by atoms with van der Waals surface area (Å²) in [5.74, 6) is -0.405. The number of rotatable bonds is 2. The van der Waals surface area contributed by atoms with Gasteiger partial charge in [0.15, 0.2) is 0 Å². The molecule has 4 nitrogen and oxygen atoms in total. The Labute approximate surface area is 77.5 Å². The predicted molar refractivity (Wildman–Crippen MR) is 46.8 cm³/mol. The van der Waals surface area contributed by atoms with Crippen LogP contribution in [0, 0.1) is 5.92 Å². The Morgan fingerprint density at radius 2 is 2.23 bits per heavy atom. The first kappa shape index (κ1) is 10.2. The predicted octanol–water partition coefficient (Wildman–Crippen LogP) is 0.152. The second-order valence-corrected chi connectivity index (χ2v) is 3.63. The highest BCUT2D eigenvalue weighted by Gasteiger charge is 2.31. The summed E-state index contributed by atoms with van der Waals surface area (Å²) in [6, 6.07) is 0. The number of aliphatic hydroxyl groups excluding tert-OH is 1. The standard InChI is InChI=1S/C9H15NO3/c1-6-3-4-8(12)10(9(6)13)5-7(2)11/h6-7,11H,3-5H2,1-2H3. The van der Waals surface area contributed by atoms with Gasteiger partial charge >= 0.3 is 0 Å². The summed E-state index contributed by atoms with van der Waals surface area (Å²) in [5.41, 5.74) is 0. The smallest absolute Gasteiger partial charge is 0.232 e. The third-order valence-corrected chi connectivity index (χ3v) is 2.23. The van der Waals surface area contributed by atoms with E-state index < -0.39 is 6.10 Å². The fraction of sp³-hybridized carbons (Fsp3) is 0.778. The molecule has 2 amide bonds. The van der Waals surface area contributed by atoms with Crippen LogP contribution in [-0.2, 0) is 9.59 Å². The van der Waals surface area contributed by atoms with Crippen molar-refractivity contribution in [2.75, 3.05) is 6.54 Å². The van der Waals surface area contributed by atoms with E-state index in [9.17, 15) is 9.59 Å². The lowest BCUT2D eigenvalue weighted by Crippen LogP contribution is -2.47. The van der Waals surface area contributed by atoms with Crippen molar-refractivity contribution in [3.63, 3.8) is 0 Å². The Bertz CT molecular complexity index is 225. The number of piperidine rings is 1. The van der Waals surface area contributed by atoms with Crippen molar-refractivity contribution < 1.29 is 14.7 Å². The van der Waals surface area contributed by atoms with Crippen LogP contribution < -0.4 is 0 Å². The monoisotopic (exact) mass is 185 g/mol. The van der Waals surface area contributed by atoms with Gasteiger partial charge in [-0.15, -0.1) is 0 Å². The molecule has 0 saturated carbocycles. The molecule has 0 aromatic carbocycles. The molecule has 0 bridgehead atoms. The zero-order valence-corrected chi connectivity index (χ0v) is 7.99. The highest BCUT2D eigenvalue weighted by atomic mass is 16.3. The second-order valence-electron chi connectivity index (χ2n) is 3.63. The Morgan fingerprint density at radius 1 is 1.62 bits per heavy atom. The summed E-state index contributed by atoms with van der Waals surface area (Å²) < 4.78 is 0. The number of hydrogen-bond acceptors (Lipinski definition) is 3. The quantitative estimate of drug-likeness (QED) is 0.623. The van der Waals surface area contributed by atoms with E-state index >= 15 is 0 Å². The lowest BCUT2D eigenvalue weighted by Gasteiger charge is -2.29. The minimum absolute atomic E-state index is 0.0866. The van der Waals surface area contributed by atoms with Crippen LogP contribution in [0.3, 0.4) is 0 Å². The number of carbonyl (C=O) groups is 2. The molecule has 1 heterocycles. The Morgan fingerprint density at radius 3 is 2.77 bits per heavy atom. The van der Waals surface area contributed by atoms with Gasteiger partial charge in [0.05, 0.1) is 12.6 Å². The third kappa shape index (κ3) is 2.28. The maximum absolute atomic E-state index is 11.5. The molecule has 0 aromatic rings. The number of amides is 2. The van der Waals surface area contributed by atoms with Crippen molar-refractivity contribution in [1.29, 1.82) is 0 Å². The van der Waals surface area contributed by atoms with Gasteiger partial charge in [-0.1, -0.05) is 6.92 Å². The van der Waals surface area contributed by atoms with E-state index in [1.807, 2.05) is 6.92 Å². The molecular weight excluding hydrogens is 170 g/mol. The molecule has 1 saturated heterocycles. The molecule has 1 N–H and O–H groups in total. The molecule has 0 radical (unpaired) electrons. The maximum atomic E-state index is 11.5.